The summed E-state index contributed by atoms with van der Waals surface area (Å²) in [7, 11) is 0. The molecule has 2 N–H and O–H groups in total. The van der Waals surface area contributed by atoms with E-state index in [1.165, 1.54) is 19.0 Å². The third kappa shape index (κ3) is 5.32. The summed E-state index contributed by atoms with van der Waals surface area (Å²) in [5, 5.41) is 6.45. The van der Waals surface area contributed by atoms with Crippen molar-refractivity contribution in [3.8, 4) is 0 Å². The van der Waals surface area contributed by atoms with Gasteiger partial charge in [-0.15, -0.1) is 0 Å². The number of aromatic nitrogens is 2. The van der Waals surface area contributed by atoms with Crippen LogP contribution < -0.4 is 10.6 Å². The number of nitrogens with zero attached hydrogens (tertiary/aromatic N) is 2. The number of nitrogens with one attached hydrogen (secondary N) is 2. The van der Waals surface area contributed by atoms with Crippen LogP contribution in [0, 0.1) is 5.92 Å². The quantitative estimate of drug-likeness (QED) is 0.652. The number of halogens is 4. The van der Waals surface area contributed by atoms with Gasteiger partial charge < -0.3 is 10.6 Å². The van der Waals surface area contributed by atoms with Gasteiger partial charge in [0, 0.05) is 28.5 Å². The predicted octanol–water partition coefficient (Wildman–Crippen LogP) is 5.73. The Bertz CT molecular complexity index is 776. The number of rotatable bonds is 6. The first-order valence-electron chi connectivity index (χ1n) is 9.03. The zero-order valence-electron chi connectivity index (χ0n) is 15.0. The van der Waals surface area contributed by atoms with Crippen molar-refractivity contribution >= 4 is 23.2 Å². The summed E-state index contributed by atoms with van der Waals surface area (Å²) in [4.78, 5) is 7.81. The fraction of sp³-hybridized carbons (Fsp3) is 0.474. The van der Waals surface area contributed by atoms with Gasteiger partial charge in [0.1, 0.15) is 0 Å². The fourth-order valence-electron chi connectivity index (χ4n) is 3.36. The first-order chi connectivity index (χ1) is 12.8. The Hall–Kier alpha value is -1.86. The first kappa shape index (κ1) is 19.9. The molecule has 1 unspecified atom stereocenters. The molecule has 8 heteroatoms. The Balaban J connectivity index is 1.79. The Kier molecular flexibility index (Phi) is 6.22. The van der Waals surface area contributed by atoms with Crippen molar-refractivity contribution in [1.29, 1.82) is 0 Å². The van der Waals surface area contributed by atoms with Gasteiger partial charge in [0.2, 0.25) is 5.95 Å². The van der Waals surface area contributed by atoms with E-state index >= 15 is 0 Å². The highest BCUT2D eigenvalue weighted by molar-refractivity contribution is 6.30. The van der Waals surface area contributed by atoms with Gasteiger partial charge in [0.05, 0.1) is 0 Å². The van der Waals surface area contributed by atoms with Crippen molar-refractivity contribution < 1.29 is 13.2 Å². The minimum atomic E-state index is -4.56. The Morgan fingerprint density at radius 2 is 2.00 bits per heavy atom. The number of hydrogen-bond acceptors (Lipinski definition) is 4. The molecule has 0 radical (unpaired) electrons. The molecule has 1 saturated carbocycles. The molecule has 1 atom stereocenters. The van der Waals surface area contributed by atoms with E-state index in [1.807, 2.05) is 0 Å². The second-order valence-electron chi connectivity index (χ2n) is 6.91. The summed E-state index contributed by atoms with van der Waals surface area (Å²) in [6.45, 7) is 2.42. The van der Waals surface area contributed by atoms with Crippen LogP contribution >= 0.6 is 11.6 Å². The number of alkyl halides is 3. The second kappa shape index (κ2) is 8.44. The lowest BCUT2D eigenvalue weighted by molar-refractivity contribution is -0.142. The standard InChI is InChI=1S/C19H22ClF3N4/c1-12(24-10-13-5-2-3-6-13)16-11-25-18(27-17(16)19(21,22)23)26-15-8-4-7-14(20)9-15/h4,7-9,11-13,24H,2-3,5-6,10H2,1H3,(H,25,26,27). The van der Waals surface area contributed by atoms with E-state index in [2.05, 4.69) is 20.6 Å². The molecule has 4 nitrogen and oxygen atoms in total. The molecule has 0 spiro atoms. The van der Waals surface area contributed by atoms with Gasteiger partial charge in [0.25, 0.3) is 0 Å². The first-order valence-corrected chi connectivity index (χ1v) is 9.41. The highest BCUT2D eigenvalue weighted by Gasteiger charge is 2.37. The van der Waals surface area contributed by atoms with Crippen LogP contribution in [0.4, 0.5) is 24.8 Å². The van der Waals surface area contributed by atoms with E-state index in [4.69, 9.17) is 11.6 Å². The second-order valence-corrected chi connectivity index (χ2v) is 7.35. The predicted molar refractivity (Wildman–Crippen MR) is 100 cm³/mol. The van der Waals surface area contributed by atoms with Crippen LogP contribution in [0.15, 0.2) is 30.5 Å². The van der Waals surface area contributed by atoms with Crippen molar-refractivity contribution in [2.24, 2.45) is 5.92 Å². The molecule has 2 aromatic rings. The molecule has 3 rings (SSSR count). The summed E-state index contributed by atoms with van der Waals surface area (Å²) < 4.78 is 40.7. The monoisotopic (exact) mass is 398 g/mol. The molecule has 1 aliphatic rings. The molecule has 0 bridgehead atoms. The molecule has 1 aliphatic carbocycles. The molecule has 0 aliphatic heterocycles. The Morgan fingerprint density at radius 1 is 1.26 bits per heavy atom. The molecule has 146 valence electrons. The fourth-order valence-corrected chi connectivity index (χ4v) is 3.55. The van der Waals surface area contributed by atoms with Crippen LogP contribution in [0.3, 0.4) is 0 Å². The highest BCUT2D eigenvalue weighted by Crippen LogP contribution is 2.34. The van der Waals surface area contributed by atoms with E-state index in [1.54, 1.807) is 31.2 Å². The van der Waals surface area contributed by atoms with Crippen molar-refractivity contribution in [3.63, 3.8) is 0 Å². The average Bonchev–Trinajstić information content (AvgIpc) is 3.12. The van der Waals surface area contributed by atoms with Crippen LogP contribution in [0.25, 0.3) is 0 Å². The van der Waals surface area contributed by atoms with E-state index in [-0.39, 0.29) is 11.5 Å². The lowest BCUT2D eigenvalue weighted by atomic mass is 10.1. The van der Waals surface area contributed by atoms with Crippen molar-refractivity contribution in [2.45, 2.75) is 44.8 Å². The lowest BCUT2D eigenvalue weighted by Crippen LogP contribution is -2.27. The summed E-state index contributed by atoms with van der Waals surface area (Å²) in [5.41, 5.74) is -0.346. The Labute approximate surface area is 161 Å². The van der Waals surface area contributed by atoms with Gasteiger partial charge in [-0.1, -0.05) is 30.5 Å². The van der Waals surface area contributed by atoms with Crippen molar-refractivity contribution in [3.05, 3.63) is 46.7 Å². The van der Waals surface area contributed by atoms with Crippen LogP contribution in [-0.2, 0) is 6.18 Å². The number of anilines is 2. The van der Waals surface area contributed by atoms with Gasteiger partial charge in [0.15, 0.2) is 5.69 Å². The zero-order chi connectivity index (χ0) is 19.4. The molecular weight excluding hydrogens is 377 g/mol. The molecule has 0 saturated heterocycles. The normalized spacial score (nSPS) is 16.5. The summed E-state index contributed by atoms with van der Waals surface area (Å²) in [5.74, 6) is 0.419. The average molecular weight is 399 g/mol. The Morgan fingerprint density at radius 3 is 2.67 bits per heavy atom. The van der Waals surface area contributed by atoms with Crippen LogP contribution in [0.5, 0.6) is 0 Å². The maximum Gasteiger partial charge on any atom is 0.433 e. The molecule has 1 heterocycles. The maximum absolute atomic E-state index is 13.6. The topological polar surface area (TPSA) is 49.8 Å². The molecular formula is C19H22ClF3N4. The van der Waals surface area contributed by atoms with Gasteiger partial charge in [-0.2, -0.15) is 13.2 Å². The van der Waals surface area contributed by atoms with E-state index < -0.39 is 17.9 Å². The third-order valence-corrected chi connectivity index (χ3v) is 5.06. The van der Waals surface area contributed by atoms with Gasteiger partial charge in [-0.3, -0.25) is 0 Å². The van der Waals surface area contributed by atoms with Gasteiger partial charge >= 0.3 is 6.18 Å². The molecule has 1 fully saturated rings. The molecule has 1 aromatic heterocycles. The van der Waals surface area contributed by atoms with Gasteiger partial charge in [-0.05, 0) is 50.4 Å². The molecule has 0 amide bonds. The SMILES string of the molecule is CC(NCC1CCCC1)c1cnc(Nc2cccc(Cl)c2)nc1C(F)(F)F. The summed E-state index contributed by atoms with van der Waals surface area (Å²) >= 11 is 5.90. The summed E-state index contributed by atoms with van der Waals surface area (Å²) in [6, 6.07) is 6.16. The van der Waals surface area contributed by atoms with Crippen LogP contribution in [-0.4, -0.2) is 16.5 Å². The number of benzene rings is 1. The van der Waals surface area contributed by atoms with Crippen molar-refractivity contribution in [1.82, 2.24) is 15.3 Å². The highest BCUT2D eigenvalue weighted by atomic mass is 35.5. The maximum atomic E-state index is 13.6. The zero-order valence-corrected chi connectivity index (χ0v) is 15.7. The smallest absolute Gasteiger partial charge is 0.324 e. The minimum absolute atomic E-state index is 0.0529. The number of hydrogen-bond donors (Lipinski definition) is 2. The largest absolute Gasteiger partial charge is 0.433 e. The lowest BCUT2D eigenvalue weighted by Gasteiger charge is -2.21. The van der Waals surface area contributed by atoms with Crippen LogP contribution in [0.1, 0.15) is 49.9 Å². The van der Waals surface area contributed by atoms with E-state index in [0.717, 1.165) is 12.8 Å². The van der Waals surface area contributed by atoms with Gasteiger partial charge in [-0.25, -0.2) is 9.97 Å². The minimum Gasteiger partial charge on any atom is -0.324 e. The van der Waals surface area contributed by atoms with E-state index in [9.17, 15) is 13.2 Å². The van der Waals surface area contributed by atoms with E-state index in [0.29, 0.717) is 23.2 Å². The third-order valence-electron chi connectivity index (χ3n) is 4.82. The van der Waals surface area contributed by atoms with Crippen LogP contribution in [0.2, 0.25) is 5.02 Å². The van der Waals surface area contributed by atoms with Crippen molar-refractivity contribution in [2.75, 3.05) is 11.9 Å². The molecule has 1 aromatic carbocycles. The summed E-state index contributed by atoms with van der Waals surface area (Å²) in [6.07, 6.45) is 1.33. The molecule has 27 heavy (non-hydrogen) atoms.